The Labute approximate surface area is 221 Å². The number of rotatable bonds is 4. The first kappa shape index (κ1) is 28.0. The number of nitrogen functional groups attached to an aromatic ring is 1. The fourth-order valence-corrected chi connectivity index (χ4v) is 4.48. The number of hydrogen-bond donors (Lipinski definition) is 3. The van der Waals surface area contributed by atoms with Crippen molar-refractivity contribution in [2.45, 2.75) is 78.7 Å². The first-order chi connectivity index (χ1) is 16.9. The molecule has 37 heavy (non-hydrogen) atoms. The number of nitrogens with two attached hydrogens (primary N) is 1. The van der Waals surface area contributed by atoms with E-state index < -0.39 is 0 Å². The van der Waals surface area contributed by atoms with Crippen molar-refractivity contribution in [3.63, 3.8) is 0 Å². The summed E-state index contributed by atoms with van der Waals surface area (Å²) < 4.78 is 1.60. The van der Waals surface area contributed by atoms with Gasteiger partial charge in [0.05, 0.1) is 5.56 Å². The van der Waals surface area contributed by atoms with Gasteiger partial charge in [-0.2, -0.15) is 0 Å². The zero-order valence-electron chi connectivity index (χ0n) is 24.0. The molecule has 6 heteroatoms. The molecule has 1 heterocycles. The number of aromatic nitrogens is 1. The fourth-order valence-electron chi connectivity index (χ4n) is 4.48. The van der Waals surface area contributed by atoms with Gasteiger partial charge in [0.1, 0.15) is 5.69 Å². The summed E-state index contributed by atoms with van der Waals surface area (Å²) in [7, 11) is 1.76. The van der Waals surface area contributed by atoms with E-state index in [1.165, 1.54) is 0 Å². The second-order valence-electron chi connectivity index (χ2n) is 12.9. The molecule has 3 rings (SSSR count). The van der Waals surface area contributed by atoms with E-state index in [0.29, 0.717) is 22.6 Å². The normalized spacial score (nSPS) is 12.4. The van der Waals surface area contributed by atoms with Gasteiger partial charge in [-0.1, -0.05) is 59.7 Å². The van der Waals surface area contributed by atoms with Crippen molar-refractivity contribution in [3.05, 3.63) is 75.7 Å². The van der Waals surface area contributed by atoms with Gasteiger partial charge in [-0.25, -0.2) is 0 Å². The monoisotopic (exact) mass is 502 g/mol. The Balaban J connectivity index is 2.11. The highest BCUT2D eigenvalue weighted by atomic mass is 16.1. The average molecular weight is 503 g/mol. The molecular weight excluding hydrogens is 460 g/mol. The Morgan fingerprint density at radius 1 is 0.865 bits per heavy atom. The predicted molar refractivity (Wildman–Crippen MR) is 157 cm³/mol. The van der Waals surface area contributed by atoms with Crippen molar-refractivity contribution < 1.29 is 4.79 Å². The van der Waals surface area contributed by atoms with Crippen molar-refractivity contribution in [1.82, 2.24) is 4.57 Å². The number of nitrogens with one attached hydrogen (secondary N) is 2. The van der Waals surface area contributed by atoms with Gasteiger partial charge >= 0.3 is 0 Å². The van der Waals surface area contributed by atoms with E-state index in [-0.39, 0.29) is 27.8 Å². The zero-order valence-corrected chi connectivity index (χ0v) is 24.0. The molecule has 0 saturated heterocycles. The Kier molecular flexibility index (Phi) is 7.37. The molecule has 0 bridgehead atoms. The lowest BCUT2D eigenvalue weighted by atomic mass is 9.80. The van der Waals surface area contributed by atoms with Gasteiger partial charge in [0.15, 0.2) is 0 Å². The lowest BCUT2D eigenvalue weighted by Gasteiger charge is -2.28. The first-order valence-electron chi connectivity index (χ1n) is 12.7. The summed E-state index contributed by atoms with van der Waals surface area (Å²) in [6.07, 6.45) is 1.84. The van der Waals surface area contributed by atoms with Crippen molar-refractivity contribution >= 4 is 23.0 Å². The summed E-state index contributed by atoms with van der Waals surface area (Å²) in [6.45, 7) is 18.8. The van der Waals surface area contributed by atoms with Crippen LogP contribution in [0.15, 0.2) is 53.5 Å². The van der Waals surface area contributed by atoms with E-state index in [1.807, 2.05) is 63.4 Å². The molecule has 1 aromatic heterocycles. The summed E-state index contributed by atoms with van der Waals surface area (Å²) >= 11 is 0. The van der Waals surface area contributed by atoms with Crippen molar-refractivity contribution in [2.24, 2.45) is 7.05 Å². The van der Waals surface area contributed by atoms with E-state index in [2.05, 4.69) is 52.2 Å². The lowest BCUT2D eigenvalue weighted by Crippen LogP contribution is -2.31. The average Bonchev–Trinajstić information content (AvgIpc) is 2.74. The zero-order chi connectivity index (χ0) is 27.9. The van der Waals surface area contributed by atoms with Gasteiger partial charge in [0, 0.05) is 35.7 Å². The second kappa shape index (κ2) is 9.73. The van der Waals surface area contributed by atoms with Gasteiger partial charge in [0.25, 0.3) is 11.5 Å². The minimum absolute atomic E-state index is 0.0622. The number of pyridine rings is 1. The van der Waals surface area contributed by atoms with E-state index in [9.17, 15) is 9.59 Å². The van der Waals surface area contributed by atoms with Gasteiger partial charge < -0.3 is 20.9 Å². The van der Waals surface area contributed by atoms with Crippen LogP contribution in [0.5, 0.6) is 0 Å². The van der Waals surface area contributed by atoms with Crippen molar-refractivity contribution in [1.29, 1.82) is 0 Å². The molecule has 0 atom stereocenters. The van der Waals surface area contributed by atoms with Crippen LogP contribution in [0.25, 0.3) is 11.1 Å². The van der Waals surface area contributed by atoms with Crippen LogP contribution in [0.3, 0.4) is 0 Å². The van der Waals surface area contributed by atoms with E-state index in [4.69, 9.17) is 5.73 Å². The van der Waals surface area contributed by atoms with Crippen molar-refractivity contribution in [3.8, 4) is 11.1 Å². The number of carbonyl (C=O) groups excluding carboxylic acids is 1. The molecule has 0 radical (unpaired) electrons. The maximum atomic E-state index is 13.4. The third-order valence-electron chi connectivity index (χ3n) is 6.23. The lowest BCUT2D eigenvalue weighted by molar-refractivity contribution is 0.102. The maximum absolute atomic E-state index is 13.4. The maximum Gasteiger partial charge on any atom is 0.273 e. The van der Waals surface area contributed by atoms with Crippen LogP contribution in [0.2, 0.25) is 0 Å². The molecule has 2 aromatic carbocycles. The molecule has 1 amide bonds. The van der Waals surface area contributed by atoms with Gasteiger partial charge in [-0.15, -0.1) is 0 Å². The van der Waals surface area contributed by atoms with E-state index in [1.54, 1.807) is 17.7 Å². The van der Waals surface area contributed by atoms with Crippen LogP contribution < -0.4 is 21.9 Å². The third-order valence-corrected chi connectivity index (χ3v) is 6.23. The quantitative estimate of drug-likeness (QED) is 0.347. The van der Waals surface area contributed by atoms with Crippen LogP contribution in [-0.2, 0) is 17.9 Å². The third kappa shape index (κ3) is 6.43. The van der Waals surface area contributed by atoms with Gasteiger partial charge in [-0.05, 0) is 72.6 Å². The highest BCUT2D eigenvalue weighted by molar-refractivity contribution is 6.08. The standard InChI is InChI=1S/C31H42N4O2/c1-29(2,3)20-14-15-22(23(32)17-20)27(36)33-24-13-11-12-21(26(24)30(4,5)6)19-16-25(34-31(7,8)9)28(37)35(10)18-19/h11-18,34H,32H2,1-10H3,(H,33,36). The van der Waals surface area contributed by atoms with Crippen LogP contribution in [0.1, 0.15) is 83.8 Å². The fraction of sp³-hybridized carbons (Fsp3) is 0.419. The topological polar surface area (TPSA) is 89.2 Å². The molecule has 0 unspecified atom stereocenters. The molecule has 198 valence electrons. The number of nitrogens with zero attached hydrogens (tertiary/aromatic N) is 1. The largest absolute Gasteiger partial charge is 0.398 e. The van der Waals surface area contributed by atoms with E-state index >= 15 is 0 Å². The number of benzene rings is 2. The number of amides is 1. The highest BCUT2D eigenvalue weighted by Crippen LogP contribution is 2.39. The van der Waals surface area contributed by atoms with Crippen LogP contribution in [0.4, 0.5) is 17.1 Å². The second-order valence-corrected chi connectivity index (χ2v) is 12.9. The molecule has 0 aliphatic rings. The summed E-state index contributed by atoms with van der Waals surface area (Å²) in [5.74, 6) is -0.254. The minimum Gasteiger partial charge on any atom is -0.398 e. The van der Waals surface area contributed by atoms with Crippen LogP contribution in [0, 0.1) is 0 Å². The Bertz CT molecular complexity index is 1380. The predicted octanol–water partition coefficient (Wildman–Crippen LogP) is 6.69. The molecule has 6 nitrogen and oxygen atoms in total. The summed E-state index contributed by atoms with van der Waals surface area (Å²) in [4.78, 5) is 26.2. The molecule has 0 saturated carbocycles. The molecule has 3 aromatic rings. The van der Waals surface area contributed by atoms with Crippen LogP contribution >= 0.6 is 0 Å². The molecule has 0 fully saturated rings. The molecule has 0 spiro atoms. The SMILES string of the molecule is Cn1cc(-c2cccc(NC(=O)c3ccc(C(C)(C)C)cc3N)c2C(C)(C)C)cc(NC(C)(C)C)c1=O. The Morgan fingerprint density at radius 3 is 2.05 bits per heavy atom. The van der Waals surface area contributed by atoms with Gasteiger partial charge in [-0.3, -0.25) is 9.59 Å². The highest BCUT2D eigenvalue weighted by Gasteiger charge is 2.26. The van der Waals surface area contributed by atoms with Crippen molar-refractivity contribution in [2.75, 3.05) is 16.4 Å². The molecular formula is C31H42N4O2. The van der Waals surface area contributed by atoms with Gasteiger partial charge in [0.2, 0.25) is 0 Å². The minimum atomic E-state index is -0.298. The summed E-state index contributed by atoms with van der Waals surface area (Å²) in [5.41, 5.74) is 11.6. The number of anilines is 3. The Hall–Kier alpha value is -3.54. The smallest absolute Gasteiger partial charge is 0.273 e. The summed E-state index contributed by atoms with van der Waals surface area (Å²) in [6, 6.07) is 13.4. The number of hydrogen-bond acceptors (Lipinski definition) is 4. The molecule has 0 aliphatic heterocycles. The van der Waals surface area contributed by atoms with Crippen LogP contribution in [-0.4, -0.2) is 16.0 Å². The first-order valence-corrected chi connectivity index (χ1v) is 12.7. The van der Waals surface area contributed by atoms with E-state index in [0.717, 1.165) is 22.3 Å². The number of carbonyl (C=O) groups is 1. The Morgan fingerprint density at radius 2 is 1.51 bits per heavy atom. The summed E-state index contributed by atoms with van der Waals surface area (Å²) in [5, 5.41) is 6.45. The number of aryl methyl sites for hydroxylation is 1. The molecule has 4 N–H and O–H groups in total. The molecule has 0 aliphatic carbocycles.